The second kappa shape index (κ2) is 12.6. The molecule has 8 rings (SSSR count). The van der Waals surface area contributed by atoms with Crippen LogP contribution < -0.4 is 21.3 Å². The Kier molecular flexibility index (Phi) is 8.03. The quantitative estimate of drug-likeness (QED) is 0.233. The lowest BCUT2D eigenvalue weighted by Crippen LogP contribution is -2.39. The van der Waals surface area contributed by atoms with E-state index in [4.69, 9.17) is 15.2 Å². The first-order valence-electron chi connectivity index (χ1n) is 17.2. The minimum atomic E-state index is -0.605. The number of fused-ring (bicyclic) bond motifs is 3. The van der Waals surface area contributed by atoms with Crippen LogP contribution in [0.1, 0.15) is 102 Å². The molecule has 1 unspecified atom stereocenters. The van der Waals surface area contributed by atoms with Gasteiger partial charge >= 0.3 is 0 Å². The van der Waals surface area contributed by atoms with Gasteiger partial charge in [-0.05, 0) is 86.6 Å². The Labute approximate surface area is 278 Å². The first kappa shape index (κ1) is 30.5. The Morgan fingerprint density at radius 1 is 0.958 bits per heavy atom. The highest BCUT2D eigenvalue weighted by atomic mass is 16.5. The smallest absolute Gasteiger partial charge is 0.271 e. The van der Waals surface area contributed by atoms with Crippen LogP contribution in [0.15, 0.2) is 47.1 Å². The van der Waals surface area contributed by atoms with Crippen LogP contribution in [0.5, 0.6) is 0 Å². The van der Waals surface area contributed by atoms with Gasteiger partial charge in [-0.2, -0.15) is 0 Å². The number of anilines is 3. The molecule has 2 aromatic heterocycles. The highest BCUT2D eigenvalue weighted by molar-refractivity contribution is 6.02. The van der Waals surface area contributed by atoms with Crippen molar-refractivity contribution in [3.8, 4) is 0 Å². The predicted octanol–water partition coefficient (Wildman–Crippen LogP) is 5.01. The number of imide groups is 1. The Hall–Kier alpha value is -4.84. The monoisotopic (exact) mass is 648 g/mol. The first-order chi connectivity index (χ1) is 23.4. The van der Waals surface area contributed by atoms with Gasteiger partial charge in [-0.3, -0.25) is 24.6 Å². The van der Waals surface area contributed by atoms with Crippen LogP contribution in [0.3, 0.4) is 0 Å². The molecule has 1 aliphatic carbocycles. The molecule has 1 atom stereocenters. The molecular weight excluding hydrogens is 608 g/mol. The van der Waals surface area contributed by atoms with E-state index in [1.54, 1.807) is 6.20 Å². The standard InChI is InChI=1S/C36H40N8O4/c37-34(46)32-35(40-29(18-38-32)43-16-2-1-3-17-43)39-24-9-4-21(5-10-24)22-6-11-25(12-7-22)44-19-23-8-13-26-31(42-48-33(26)28(23)20-44)27-14-15-30(45)41-36(27)47/h4-5,8-10,13,18,22,25,27H,1-3,6-7,11-12,14-17,19-20H2,(H2,37,46)(H,39,40)(H,41,45,47)/t22-,25+,27?. The van der Waals surface area contributed by atoms with Crippen LogP contribution >= 0.6 is 0 Å². The van der Waals surface area contributed by atoms with Gasteiger partial charge in [0.15, 0.2) is 17.1 Å². The molecule has 2 saturated heterocycles. The predicted molar refractivity (Wildman–Crippen MR) is 180 cm³/mol. The van der Waals surface area contributed by atoms with Crippen molar-refractivity contribution in [3.63, 3.8) is 0 Å². The maximum absolute atomic E-state index is 12.5. The number of hydrogen-bond donors (Lipinski definition) is 3. The molecule has 3 amide bonds. The number of nitrogens with one attached hydrogen (secondary N) is 2. The number of carbonyl (C=O) groups excluding carboxylic acids is 3. The zero-order chi connectivity index (χ0) is 32.8. The van der Waals surface area contributed by atoms with E-state index in [1.165, 1.54) is 17.5 Å². The summed E-state index contributed by atoms with van der Waals surface area (Å²) >= 11 is 0. The lowest BCUT2D eigenvalue weighted by atomic mass is 9.81. The summed E-state index contributed by atoms with van der Waals surface area (Å²) in [6.45, 7) is 3.56. The summed E-state index contributed by atoms with van der Waals surface area (Å²) in [6.07, 6.45) is 10.3. The molecule has 248 valence electrons. The van der Waals surface area contributed by atoms with Gasteiger partial charge in [-0.15, -0.1) is 0 Å². The maximum atomic E-state index is 12.5. The zero-order valence-corrected chi connectivity index (χ0v) is 26.9. The zero-order valence-electron chi connectivity index (χ0n) is 26.9. The van der Waals surface area contributed by atoms with Crippen LogP contribution in [0.2, 0.25) is 0 Å². The summed E-state index contributed by atoms with van der Waals surface area (Å²) in [5, 5.41) is 10.9. The SMILES string of the molecule is NC(=O)c1ncc(N2CCCCC2)nc1Nc1ccc([C@H]2CC[C@@H](N3Cc4ccc5c(C6CCC(=O)NC6=O)noc5c4C3)CC2)cc1. The molecule has 12 heteroatoms. The Morgan fingerprint density at radius 3 is 2.50 bits per heavy atom. The fraction of sp³-hybridized carbons (Fsp3) is 0.444. The molecule has 48 heavy (non-hydrogen) atoms. The number of primary amides is 1. The number of rotatable bonds is 7. The van der Waals surface area contributed by atoms with E-state index >= 15 is 0 Å². The average molecular weight is 649 g/mol. The van der Waals surface area contributed by atoms with E-state index in [2.05, 4.69) is 48.8 Å². The van der Waals surface area contributed by atoms with E-state index < -0.39 is 11.8 Å². The van der Waals surface area contributed by atoms with Crippen LogP contribution in [0, 0.1) is 0 Å². The highest BCUT2D eigenvalue weighted by Gasteiger charge is 2.35. The van der Waals surface area contributed by atoms with E-state index in [1.807, 2.05) is 18.2 Å². The third-order valence-electron chi connectivity index (χ3n) is 10.7. The molecule has 4 aromatic rings. The lowest BCUT2D eigenvalue weighted by molar-refractivity contribution is -0.134. The normalized spacial score (nSPS) is 23.2. The molecule has 0 bridgehead atoms. The topological polar surface area (TPSA) is 160 Å². The summed E-state index contributed by atoms with van der Waals surface area (Å²) in [5.41, 5.74) is 11.7. The number of aromatic nitrogens is 3. The van der Waals surface area contributed by atoms with Crippen LogP contribution in [0.4, 0.5) is 17.3 Å². The van der Waals surface area contributed by atoms with Crippen molar-refractivity contribution in [1.82, 2.24) is 25.3 Å². The third-order valence-corrected chi connectivity index (χ3v) is 10.7. The Morgan fingerprint density at radius 2 is 1.75 bits per heavy atom. The first-order valence-corrected chi connectivity index (χ1v) is 17.2. The molecule has 2 aromatic carbocycles. The number of piperidine rings is 2. The van der Waals surface area contributed by atoms with Gasteiger partial charge in [0.1, 0.15) is 11.5 Å². The molecule has 12 nitrogen and oxygen atoms in total. The Bertz CT molecular complexity index is 1870. The van der Waals surface area contributed by atoms with Gasteiger partial charge in [0.05, 0.1) is 12.1 Å². The fourth-order valence-electron chi connectivity index (χ4n) is 8.05. The van der Waals surface area contributed by atoms with Gasteiger partial charge in [-0.1, -0.05) is 23.4 Å². The second-order valence-corrected chi connectivity index (χ2v) is 13.6. The number of amides is 3. The molecule has 1 saturated carbocycles. The van der Waals surface area contributed by atoms with Crippen molar-refractivity contribution < 1.29 is 18.9 Å². The number of hydrogen-bond acceptors (Lipinski definition) is 10. The number of benzene rings is 2. The van der Waals surface area contributed by atoms with Crippen molar-refractivity contribution in [2.24, 2.45) is 5.73 Å². The average Bonchev–Trinajstić information content (AvgIpc) is 3.74. The lowest BCUT2D eigenvalue weighted by Gasteiger charge is -2.34. The van der Waals surface area contributed by atoms with Crippen molar-refractivity contribution in [2.45, 2.75) is 88.8 Å². The van der Waals surface area contributed by atoms with Crippen molar-refractivity contribution >= 4 is 46.0 Å². The van der Waals surface area contributed by atoms with E-state index in [9.17, 15) is 14.4 Å². The molecule has 5 heterocycles. The summed E-state index contributed by atoms with van der Waals surface area (Å²) < 4.78 is 5.85. The molecular formula is C36H40N8O4. The molecule has 3 fully saturated rings. The van der Waals surface area contributed by atoms with Gasteiger partial charge in [0, 0.05) is 55.3 Å². The fourth-order valence-corrected chi connectivity index (χ4v) is 8.05. The van der Waals surface area contributed by atoms with Crippen molar-refractivity contribution in [1.29, 1.82) is 0 Å². The summed E-state index contributed by atoms with van der Waals surface area (Å²) in [4.78, 5) is 50.1. The number of carbonyl (C=O) groups is 3. The minimum absolute atomic E-state index is 0.140. The van der Waals surface area contributed by atoms with Gasteiger partial charge < -0.3 is 20.5 Å². The van der Waals surface area contributed by atoms with Crippen LogP contribution in [-0.2, 0) is 22.7 Å². The van der Waals surface area contributed by atoms with E-state index in [0.29, 0.717) is 36.3 Å². The van der Waals surface area contributed by atoms with E-state index in [0.717, 1.165) is 92.7 Å². The van der Waals surface area contributed by atoms with Gasteiger partial charge in [-0.25, -0.2) is 9.97 Å². The number of nitrogens with zero attached hydrogens (tertiary/aromatic N) is 5. The molecule has 0 spiro atoms. The largest absolute Gasteiger partial charge is 0.364 e. The van der Waals surface area contributed by atoms with Crippen molar-refractivity contribution in [2.75, 3.05) is 23.3 Å². The summed E-state index contributed by atoms with van der Waals surface area (Å²) in [7, 11) is 0. The maximum Gasteiger partial charge on any atom is 0.271 e. The molecule has 3 aliphatic heterocycles. The molecule has 4 aliphatic rings. The van der Waals surface area contributed by atoms with Gasteiger partial charge in [0.25, 0.3) is 5.91 Å². The highest BCUT2D eigenvalue weighted by Crippen LogP contribution is 2.41. The summed E-state index contributed by atoms with van der Waals surface area (Å²) in [5.74, 6) is 0.0449. The third kappa shape index (κ3) is 5.78. The molecule has 0 radical (unpaired) electrons. The van der Waals surface area contributed by atoms with Crippen LogP contribution in [-0.4, -0.2) is 56.9 Å². The second-order valence-electron chi connectivity index (χ2n) is 13.6. The van der Waals surface area contributed by atoms with E-state index in [-0.39, 0.29) is 17.5 Å². The number of nitrogens with two attached hydrogens (primary N) is 1. The van der Waals surface area contributed by atoms with Crippen molar-refractivity contribution in [3.05, 3.63) is 70.7 Å². The summed E-state index contributed by atoms with van der Waals surface area (Å²) in [6, 6.07) is 13.1. The Balaban J connectivity index is 0.900. The minimum Gasteiger partial charge on any atom is -0.364 e. The van der Waals surface area contributed by atoms with Gasteiger partial charge in [0.2, 0.25) is 11.8 Å². The molecule has 4 N–H and O–H groups in total. The van der Waals surface area contributed by atoms with Crippen LogP contribution in [0.25, 0.3) is 11.0 Å².